The van der Waals surface area contributed by atoms with Crippen LogP contribution in [0.4, 0.5) is 0 Å². The van der Waals surface area contributed by atoms with Crippen LogP contribution >= 0.6 is 12.4 Å². The number of likely N-dealkylation sites (N-methyl/N-ethyl adjacent to an activating group) is 1. The van der Waals surface area contributed by atoms with E-state index in [0.29, 0.717) is 32.2 Å². The van der Waals surface area contributed by atoms with Gasteiger partial charge in [0, 0.05) is 19.7 Å². The quantitative estimate of drug-likeness (QED) is 0.680. The van der Waals surface area contributed by atoms with Crippen molar-refractivity contribution in [3.8, 4) is 0 Å². The SMILES string of the molecule is CCOCCN(CC)C(=O)[C@@H](N)CC(C)C.Cl. The van der Waals surface area contributed by atoms with E-state index in [1.54, 1.807) is 4.90 Å². The van der Waals surface area contributed by atoms with Gasteiger partial charge >= 0.3 is 0 Å². The zero-order valence-corrected chi connectivity index (χ0v) is 12.3. The van der Waals surface area contributed by atoms with Crippen LogP contribution in [0.2, 0.25) is 0 Å². The number of ether oxygens (including phenoxy) is 1. The Kier molecular flexibility index (Phi) is 12.1. The summed E-state index contributed by atoms with van der Waals surface area (Å²) < 4.78 is 5.24. The molecular weight excluding hydrogens is 240 g/mol. The zero-order valence-electron chi connectivity index (χ0n) is 11.4. The summed E-state index contributed by atoms with van der Waals surface area (Å²) in [5.41, 5.74) is 5.87. The molecule has 1 amide bonds. The Balaban J connectivity index is 0. The van der Waals surface area contributed by atoms with E-state index in [4.69, 9.17) is 10.5 Å². The molecule has 0 radical (unpaired) electrons. The van der Waals surface area contributed by atoms with E-state index in [2.05, 4.69) is 13.8 Å². The molecule has 0 rings (SSSR count). The van der Waals surface area contributed by atoms with Crippen LogP contribution in [0, 0.1) is 5.92 Å². The average Bonchev–Trinajstić information content (AvgIpc) is 2.22. The van der Waals surface area contributed by atoms with Gasteiger partial charge in [-0.15, -0.1) is 12.4 Å². The summed E-state index contributed by atoms with van der Waals surface area (Å²) in [6.45, 7) is 10.7. The molecule has 17 heavy (non-hydrogen) atoms. The fraction of sp³-hybridized carbons (Fsp3) is 0.917. The van der Waals surface area contributed by atoms with Crippen molar-refractivity contribution < 1.29 is 9.53 Å². The number of carbonyl (C=O) groups is 1. The fourth-order valence-corrected chi connectivity index (χ4v) is 1.59. The summed E-state index contributed by atoms with van der Waals surface area (Å²) in [4.78, 5) is 13.7. The number of halogens is 1. The third-order valence-corrected chi connectivity index (χ3v) is 2.45. The standard InChI is InChI=1S/C12H26N2O2.ClH/c1-5-14(7-8-16-6-2)12(15)11(13)9-10(3)4;/h10-11H,5-9,13H2,1-4H3;1H/t11-;/m0./s1. The second-order valence-electron chi connectivity index (χ2n) is 4.35. The molecule has 0 bridgehead atoms. The van der Waals surface area contributed by atoms with Gasteiger partial charge in [0.1, 0.15) is 0 Å². The van der Waals surface area contributed by atoms with E-state index in [1.807, 2.05) is 13.8 Å². The smallest absolute Gasteiger partial charge is 0.239 e. The third kappa shape index (κ3) is 8.41. The topological polar surface area (TPSA) is 55.6 Å². The monoisotopic (exact) mass is 266 g/mol. The predicted octanol–water partition coefficient (Wildman–Crippen LogP) is 1.67. The minimum absolute atomic E-state index is 0. The molecule has 0 fully saturated rings. The summed E-state index contributed by atoms with van der Waals surface area (Å²) in [5, 5.41) is 0. The first-order valence-electron chi connectivity index (χ1n) is 6.14. The van der Waals surface area contributed by atoms with Crippen LogP contribution in [0.5, 0.6) is 0 Å². The maximum atomic E-state index is 11.9. The average molecular weight is 267 g/mol. The van der Waals surface area contributed by atoms with Gasteiger partial charge in [-0.3, -0.25) is 4.79 Å². The Morgan fingerprint density at radius 2 is 1.94 bits per heavy atom. The molecule has 0 saturated carbocycles. The second-order valence-corrected chi connectivity index (χ2v) is 4.35. The van der Waals surface area contributed by atoms with Gasteiger partial charge in [0.15, 0.2) is 0 Å². The summed E-state index contributed by atoms with van der Waals surface area (Å²) >= 11 is 0. The van der Waals surface area contributed by atoms with E-state index >= 15 is 0 Å². The van der Waals surface area contributed by atoms with Crippen molar-refractivity contribution in [1.82, 2.24) is 4.90 Å². The van der Waals surface area contributed by atoms with Gasteiger partial charge in [0.25, 0.3) is 0 Å². The van der Waals surface area contributed by atoms with Crippen molar-refractivity contribution in [3.05, 3.63) is 0 Å². The minimum Gasteiger partial charge on any atom is -0.380 e. The Hall–Kier alpha value is -0.320. The zero-order chi connectivity index (χ0) is 12.6. The highest BCUT2D eigenvalue weighted by Gasteiger charge is 2.20. The molecule has 0 aliphatic carbocycles. The lowest BCUT2D eigenvalue weighted by Crippen LogP contribution is -2.45. The van der Waals surface area contributed by atoms with Crippen molar-refractivity contribution in [2.45, 2.75) is 40.2 Å². The molecule has 0 spiro atoms. The first kappa shape index (κ1) is 19.0. The first-order chi connectivity index (χ1) is 7.52. The fourth-order valence-electron chi connectivity index (χ4n) is 1.59. The maximum absolute atomic E-state index is 11.9. The van der Waals surface area contributed by atoms with Crippen LogP contribution in [-0.2, 0) is 9.53 Å². The molecule has 0 aliphatic rings. The summed E-state index contributed by atoms with van der Waals surface area (Å²) in [7, 11) is 0. The largest absolute Gasteiger partial charge is 0.380 e. The van der Waals surface area contributed by atoms with Crippen LogP contribution in [0.25, 0.3) is 0 Å². The molecule has 0 aliphatic heterocycles. The van der Waals surface area contributed by atoms with E-state index in [1.165, 1.54) is 0 Å². The summed E-state index contributed by atoms with van der Waals surface area (Å²) in [6, 6.07) is -0.374. The van der Waals surface area contributed by atoms with Crippen LogP contribution in [0.15, 0.2) is 0 Å². The van der Waals surface area contributed by atoms with Gasteiger partial charge in [0.2, 0.25) is 5.91 Å². The van der Waals surface area contributed by atoms with E-state index in [0.717, 1.165) is 6.42 Å². The maximum Gasteiger partial charge on any atom is 0.239 e. The number of hydrogen-bond acceptors (Lipinski definition) is 3. The Labute approximate surface area is 111 Å². The summed E-state index contributed by atoms with van der Waals surface area (Å²) in [6.07, 6.45) is 0.740. The molecule has 0 aromatic rings. The third-order valence-electron chi connectivity index (χ3n) is 2.45. The Morgan fingerprint density at radius 1 is 1.35 bits per heavy atom. The van der Waals surface area contributed by atoms with Gasteiger partial charge in [-0.1, -0.05) is 13.8 Å². The highest BCUT2D eigenvalue weighted by molar-refractivity contribution is 5.85. The number of nitrogens with zero attached hydrogens (tertiary/aromatic N) is 1. The molecule has 0 aromatic heterocycles. The Bertz CT molecular complexity index is 201. The number of nitrogens with two attached hydrogens (primary N) is 1. The highest BCUT2D eigenvalue weighted by Crippen LogP contribution is 2.05. The molecule has 5 heteroatoms. The lowest BCUT2D eigenvalue weighted by Gasteiger charge is -2.25. The normalized spacial score (nSPS) is 12.1. The van der Waals surface area contributed by atoms with Crippen molar-refractivity contribution >= 4 is 18.3 Å². The lowest BCUT2D eigenvalue weighted by atomic mass is 10.0. The molecule has 4 nitrogen and oxygen atoms in total. The summed E-state index contributed by atoms with van der Waals surface area (Å²) in [5.74, 6) is 0.487. The van der Waals surface area contributed by atoms with Crippen molar-refractivity contribution in [1.29, 1.82) is 0 Å². The predicted molar refractivity (Wildman–Crippen MR) is 73.4 cm³/mol. The Morgan fingerprint density at radius 3 is 2.35 bits per heavy atom. The number of rotatable bonds is 8. The van der Waals surface area contributed by atoms with Crippen molar-refractivity contribution in [3.63, 3.8) is 0 Å². The first-order valence-corrected chi connectivity index (χ1v) is 6.14. The number of amides is 1. The minimum atomic E-state index is -0.374. The van der Waals surface area contributed by atoms with Gasteiger partial charge in [0.05, 0.1) is 12.6 Å². The number of hydrogen-bond donors (Lipinski definition) is 1. The van der Waals surface area contributed by atoms with E-state index in [9.17, 15) is 4.79 Å². The molecular formula is C12H27ClN2O2. The molecule has 104 valence electrons. The molecule has 0 unspecified atom stereocenters. The molecule has 1 atom stereocenters. The van der Waals surface area contributed by atoms with Crippen LogP contribution in [0.1, 0.15) is 34.1 Å². The van der Waals surface area contributed by atoms with Crippen LogP contribution < -0.4 is 5.73 Å². The van der Waals surface area contributed by atoms with Crippen LogP contribution in [-0.4, -0.2) is 43.2 Å². The molecule has 2 N–H and O–H groups in total. The van der Waals surface area contributed by atoms with Crippen molar-refractivity contribution in [2.75, 3.05) is 26.3 Å². The van der Waals surface area contributed by atoms with Gasteiger partial charge in [-0.25, -0.2) is 0 Å². The van der Waals surface area contributed by atoms with Gasteiger partial charge in [-0.05, 0) is 26.2 Å². The van der Waals surface area contributed by atoms with Gasteiger partial charge < -0.3 is 15.4 Å². The highest BCUT2D eigenvalue weighted by atomic mass is 35.5. The van der Waals surface area contributed by atoms with E-state index < -0.39 is 0 Å². The second kappa shape index (κ2) is 10.8. The number of carbonyl (C=O) groups excluding carboxylic acids is 1. The van der Waals surface area contributed by atoms with Gasteiger partial charge in [-0.2, -0.15) is 0 Å². The van der Waals surface area contributed by atoms with Crippen molar-refractivity contribution in [2.24, 2.45) is 11.7 Å². The van der Waals surface area contributed by atoms with Crippen LogP contribution in [0.3, 0.4) is 0 Å². The molecule has 0 saturated heterocycles. The van der Waals surface area contributed by atoms with E-state index in [-0.39, 0.29) is 24.4 Å². The molecule has 0 aromatic carbocycles. The lowest BCUT2D eigenvalue weighted by molar-refractivity contribution is -0.133. The molecule has 0 heterocycles.